The maximum atomic E-state index is 13.5. The van der Waals surface area contributed by atoms with Crippen LogP contribution in [0.4, 0.5) is 21.0 Å². The number of phenols is 2. The predicted molar refractivity (Wildman–Crippen MR) is 345 cm³/mol. The SMILES string of the molecule is C.C.C.C.C=CCNC1=C2C[C@@H](C)C[C@H](OC)[C@H](O)[C@@H](C)/C=C(\C)[C@H](OC(N)=O)[C@@H](OC)/C=C\C=C(/C)C(=O)NC(=CC1=O)C2=O.C=CC[NH2+]c1c(O)cc2c(O)c1C[C@@H](C)C[C@H](OC)[C@H](O)[C@@H](C)/C=C(\C)[C@H](OC(N)=O)[C@@H](OC)/C=C\C=C(/C)C(=O)N2. The molecule has 1 aromatic rings. The lowest BCUT2D eigenvalue weighted by Crippen LogP contribution is -2.78. The Hall–Kier alpha value is -7.44. The van der Waals surface area contributed by atoms with E-state index in [0.29, 0.717) is 53.8 Å². The second kappa shape index (κ2) is 40.2. The highest BCUT2D eigenvalue weighted by Crippen LogP contribution is 2.41. The number of phenolic OH excluding ortho intramolecular Hbond substituents is 2. The number of primary amides is 2. The van der Waals surface area contributed by atoms with Crippen LogP contribution in [0.15, 0.2) is 125 Å². The van der Waals surface area contributed by atoms with Crippen molar-refractivity contribution in [3.8, 4) is 11.5 Å². The second-order valence-electron chi connectivity index (χ2n) is 21.3. The van der Waals surface area contributed by atoms with E-state index in [9.17, 15) is 49.2 Å². The summed E-state index contributed by atoms with van der Waals surface area (Å²) < 4.78 is 33.2. The van der Waals surface area contributed by atoms with Crippen molar-refractivity contribution in [3.63, 3.8) is 0 Å². The van der Waals surface area contributed by atoms with Gasteiger partial charge in [0.2, 0.25) is 11.6 Å². The summed E-state index contributed by atoms with van der Waals surface area (Å²) in [6.45, 7) is 22.2. The minimum absolute atomic E-state index is 0. The Kier molecular flexibility index (Phi) is 37.7. The molecule has 4 rings (SSSR count). The number of anilines is 1. The number of allylic oxidation sites excluding steroid dienone is 6. The first kappa shape index (κ1) is 82.6. The van der Waals surface area contributed by atoms with E-state index in [2.05, 4.69) is 29.1 Å². The van der Waals surface area contributed by atoms with Gasteiger partial charge in [-0.3, -0.25) is 19.2 Å². The number of nitrogens with two attached hydrogens (primary N) is 3. The lowest BCUT2D eigenvalue weighted by Gasteiger charge is -2.30. The summed E-state index contributed by atoms with van der Waals surface area (Å²) >= 11 is 0. The Bertz CT molecular complexity index is 2790. The number of benzene rings is 1. The van der Waals surface area contributed by atoms with Gasteiger partial charge in [0.05, 0.1) is 53.6 Å². The standard InChI is InChI=1S/C31H45N3O8.C31H43N3O8.4CH4/c2*1-8-12-33-26-21-13-17(2)14-25(41-7)27(36)19(4)15-20(5)29(42-31(32)39)24(40-6)11-9-10-18(3)30(38)34-22(28(21)37)16-23(26)35;;;;/h8-11,15-17,19,24-25,27,29,33,35-37H,1,12-14H2,2-7H3,(H2,32,39)(H,34,38);8-11,15-17,19,24-25,27,29,33,36H,1,12-14H2,2-7H3,(H2,32,39)(H,34,38);4*1H4/p+1/b2*11-9-,18-10+,20-15+;;;;/t2*17-,19+,24+,25+,27-,29+;;;;/m11..../s1. The molecular formula is C66H105N6O16+. The number of Topliss-reactive ketones (excluding diaryl/α,β-unsaturated/α-hetero) is 1. The van der Waals surface area contributed by atoms with Crippen LogP contribution in [-0.2, 0) is 54.0 Å². The fourth-order valence-corrected chi connectivity index (χ4v) is 10.0. The van der Waals surface area contributed by atoms with Gasteiger partial charge in [0, 0.05) is 75.7 Å². The monoisotopic (exact) mass is 1240 g/mol. The van der Waals surface area contributed by atoms with E-state index >= 15 is 0 Å². The first-order chi connectivity index (χ1) is 39.7. The minimum Gasteiger partial charge on any atom is -0.505 e. The van der Waals surface area contributed by atoms with Gasteiger partial charge in [-0.25, -0.2) is 9.59 Å². The quantitative estimate of drug-likeness (QED) is 0.0311. The fourth-order valence-electron chi connectivity index (χ4n) is 10.0. The Labute approximate surface area is 522 Å². The number of amides is 4. The molecule has 0 saturated carbocycles. The van der Waals surface area contributed by atoms with E-state index in [1.807, 2.05) is 20.8 Å². The maximum absolute atomic E-state index is 13.5. The van der Waals surface area contributed by atoms with E-state index in [0.717, 1.165) is 6.08 Å². The molecule has 3 aliphatic rings. The molecule has 2 aliphatic heterocycles. The van der Waals surface area contributed by atoms with Crippen molar-refractivity contribution in [1.29, 1.82) is 0 Å². The average Bonchev–Trinajstić information content (AvgIpc) is 2.31. The largest absolute Gasteiger partial charge is 0.505 e. The first-order valence-corrected chi connectivity index (χ1v) is 27.7. The highest BCUT2D eigenvalue weighted by atomic mass is 16.6. The molecule has 0 radical (unpaired) electrons. The second-order valence-corrected chi connectivity index (χ2v) is 21.3. The molecule has 4 amide bonds. The molecule has 0 unspecified atom stereocenters. The van der Waals surface area contributed by atoms with Crippen LogP contribution in [-0.4, -0.2) is 146 Å². The summed E-state index contributed by atoms with van der Waals surface area (Å²) in [5.74, 6) is -3.43. The first-order valence-electron chi connectivity index (χ1n) is 27.7. The van der Waals surface area contributed by atoms with E-state index in [1.165, 1.54) is 46.7 Å². The summed E-state index contributed by atoms with van der Waals surface area (Å²) in [6.07, 6.45) is 10.1. The van der Waals surface area contributed by atoms with Crippen molar-refractivity contribution < 1.29 is 82.9 Å². The third kappa shape index (κ3) is 23.9. The summed E-state index contributed by atoms with van der Waals surface area (Å²) in [4.78, 5) is 76.0. The van der Waals surface area contributed by atoms with Gasteiger partial charge in [-0.2, -0.15) is 0 Å². The van der Waals surface area contributed by atoms with Crippen LogP contribution in [0.3, 0.4) is 0 Å². The lowest BCUT2D eigenvalue weighted by molar-refractivity contribution is -0.562. The van der Waals surface area contributed by atoms with Crippen molar-refractivity contribution >= 4 is 46.9 Å². The summed E-state index contributed by atoms with van der Waals surface area (Å²) in [5, 5.41) is 54.6. The van der Waals surface area contributed by atoms with E-state index in [1.54, 1.807) is 88.5 Å². The number of aromatic hydroxyl groups is 2. The number of quaternary nitrogens is 1. The van der Waals surface area contributed by atoms with Gasteiger partial charge in [-0.1, -0.05) is 119 Å². The number of hydrogen-bond acceptors (Lipinski definition) is 17. The molecule has 22 heteroatoms. The summed E-state index contributed by atoms with van der Waals surface area (Å²) in [7, 11) is 5.88. The zero-order valence-corrected chi connectivity index (χ0v) is 50.4. The molecule has 2 heterocycles. The molecular weight excluding hydrogens is 1130 g/mol. The Balaban J connectivity index is 0. The smallest absolute Gasteiger partial charge is 0.405 e. The number of aliphatic hydroxyl groups is 2. The number of ketones is 2. The van der Waals surface area contributed by atoms with Gasteiger partial charge in [-0.15, -0.1) is 6.58 Å². The summed E-state index contributed by atoms with van der Waals surface area (Å²) in [5.41, 5.74) is 13.6. The van der Waals surface area contributed by atoms with Crippen molar-refractivity contribution in [2.75, 3.05) is 46.8 Å². The Morgan fingerprint density at radius 1 is 0.705 bits per heavy atom. The van der Waals surface area contributed by atoms with Crippen molar-refractivity contribution in [2.45, 2.75) is 160 Å². The molecule has 0 spiro atoms. The number of carbonyl (C=O) groups excluding carboxylic acids is 6. The molecule has 12 atom stereocenters. The van der Waals surface area contributed by atoms with E-state index in [-0.39, 0.29) is 94.2 Å². The topological polar surface area (TPSA) is 343 Å². The fraction of sp³-hybridized carbons (Fsp3) is 0.515. The summed E-state index contributed by atoms with van der Waals surface area (Å²) in [6, 6.07) is 1.31. The van der Waals surface area contributed by atoms with Crippen LogP contribution in [0.25, 0.3) is 0 Å². The molecule has 0 saturated heterocycles. The number of methoxy groups -OCH3 is 4. The molecule has 494 valence electrons. The zero-order chi connectivity index (χ0) is 63.1. The molecule has 1 aromatic carbocycles. The number of hydrogen-bond donors (Lipinski definition) is 10. The third-order valence-corrected chi connectivity index (χ3v) is 14.6. The van der Waals surface area contributed by atoms with Crippen LogP contribution < -0.4 is 32.7 Å². The number of rotatable bonds is 12. The molecule has 4 bridgehead atoms. The number of aliphatic hydroxyl groups excluding tert-OH is 2. The van der Waals surface area contributed by atoms with E-state index < -0.39 is 96.2 Å². The van der Waals surface area contributed by atoms with Gasteiger partial charge in [0.25, 0.3) is 11.8 Å². The highest BCUT2D eigenvalue weighted by molar-refractivity contribution is 6.23. The average molecular weight is 1240 g/mol. The maximum Gasteiger partial charge on any atom is 0.405 e. The lowest BCUT2D eigenvalue weighted by atomic mass is 9.85. The molecule has 1 aliphatic carbocycles. The van der Waals surface area contributed by atoms with Crippen LogP contribution in [0.1, 0.15) is 110 Å². The van der Waals surface area contributed by atoms with Gasteiger partial charge < -0.3 is 81.6 Å². The van der Waals surface area contributed by atoms with Crippen molar-refractivity contribution in [1.82, 2.24) is 10.6 Å². The molecule has 22 nitrogen and oxygen atoms in total. The Morgan fingerprint density at radius 3 is 1.58 bits per heavy atom. The van der Waals surface area contributed by atoms with Crippen molar-refractivity contribution in [3.05, 3.63) is 131 Å². The molecule has 0 fully saturated rings. The molecule has 0 aromatic heterocycles. The van der Waals surface area contributed by atoms with Crippen LogP contribution in [0, 0.1) is 23.7 Å². The number of fused-ring (bicyclic) bond motifs is 4. The van der Waals surface area contributed by atoms with Gasteiger partial charge in [-0.05, 0) is 82.4 Å². The number of carbonyl (C=O) groups is 6. The number of nitrogens with one attached hydrogen (secondary N) is 3. The van der Waals surface area contributed by atoms with Crippen LogP contribution in [0.2, 0.25) is 0 Å². The minimum atomic E-state index is -1.00. The van der Waals surface area contributed by atoms with Gasteiger partial charge >= 0.3 is 12.2 Å². The van der Waals surface area contributed by atoms with Crippen LogP contribution in [0.5, 0.6) is 11.5 Å². The zero-order valence-electron chi connectivity index (χ0n) is 50.4. The highest BCUT2D eigenvalue weighted by Gasteiger charge is 2.35. The van der Waals surface area contributed by atoms with E-state index in [4.69, 9.17) is 39.9 Å². The predicted octanol–water partition coefficient (Wildman–Crippen LogP) is 8.02. The molecule has 88 heavy (non-hydrogen) atoms. The van der Waals surface area contributed by atoms with Crippen molar-refractivity contribution in [2.24, 2.45) is 35.1 Å². The number of ether oxygens (including phenoxy) is 6. The van der Waals surface area contributed by atoms with Gasteiger partial charge in [0.1, 0.15) is 18.0 Å². The third-order valence-electron chi connectivity index (χ3n) is 14.6. The van der Waals surface area contributed by atoms with Crippen LogP contribution >= 0.6 is 0 Å². The molecule has 13 N–H and O–H groups in total. The van der Waals surface area contributed by atoms with Gasteiger partial charge in [0.15, 0.2) is 23.6 Å². The normalized spacial score (nSPS) is 29.1. The Morgan fingerprint density at radius 2 is 1.16 bits per heavy atom.